The summed E-state index contributed by atoms with van der Waals surface area (Å²) in [7, 11) is 0. The second kappa shape index (κ2) is 5.76. The molecule has 0 aliphatic carbocycles. The summed E-state index contributed by atoms with van der Waals surface area (Å²) in [6.45, 7) is 0.305. The Kier molecular flexibility index (Phi) is 3.87. The first-order valence-corrected chi connectivity index (χ1v) is 5.58. The van der Waals surface area contributed by atoms with Crippen LogP contribution in [0.15, 0.2) is 30.6 Å². The van der Waals surface area contributed by atoms with Crippen molar-refractivity contribution < 1.29 is 14.7 Å². The van der Waals surface area contributed by atoms with Crippen LogP contribution in [-0.2, 0) is 17.8 Å². The molecular formula is C12H12N4O3. The number of aromatic nitrogens is 3. The lowest BCUT2D eigenvalue weighted by molar-refractivity contribution is -0.120. The number of H-pyrrole nitrogens is 1. The number of aromatic amines is 1. The van der Waals surface area contributed by atoms with Crippen molar-refractivity contribution in [2.45, 2.75) is 13.0 Å². The largest absolute Gasteiger partial charge is 0.477 e. The molecule has 0 aliphatic heterocycles. The fourth-order valence-electron chi connectivity index (χ4n) is 1.47. The van der Waals surface area contributed by atoms with Crippen LogP contribution in [0.25, 0.3) is 0 Å². The molecular weight excluding hydrogens is 248 g/mol. The Morgan fingerprint density at radius 1 is 1.32 bits per heavy atom. The molecule has 7 heteroatoms. The average molecular weight is 260 g/mol. The van der Waals surface area contributed by atoms with Gasteiger partial charge in [-0.3, -0.25) is 9.89 Å². The first-order valence-electron chi connectivity index (χ1n) is 5.58. The Morgan fingerprint density at radius 3 is 2.74 bits per heavy atom. The van der Waals surface area contributed by atoms with Crippen molar-refractivity contribution in [2.75, 3.05) is 0 Å². The maximum atomic E-state index is 11.6. The van der Waals surface area contributed by atoms with Crippen molar-refractivity contribution in [3.05, 3.63) is 47.5 Å². The number of pyridine rings is 1. The molecule has 2 heterocycles. The summed E-state index contributed by atoms with van der Waals surface area (Å²) in [5.74, 6) is -1.22. The van der Waals surface area contributed by atoms with Crippen molar-refractivity contribution in [2.24, 2.45) is 0 Å². The van der Waals surface area contributed by atoms with Crippen LogP contribution in [-0.4, -0.2) is 32.2 Å². The van der Waals surface area contributed by atoms with Gasteiger partial charge < -0.3 is 10.4 Å². The van der Waals surface area contributed by atoms with Gasteiger partial charge in [-0.05, 0) is 17.7 Å². The van der Waals surface area contributed by atoms with E-state index in [0.29, 0.717) is 6.54 Å². The van der Waals surface area contributed by atoms with Crippen molar-refractivity contribution in [3.63, 3.8) is 0 Å². The number of rotatable bonds is 5. The van der Waals surface area contributed by atoms with Crippen LogP contribution < -0.4 is 5.32 Å². The topological polar surface area (TPSA) is 108 Å². The molecule has 0 atom stereocenters. The van der Waals surface area contributed by atoms with Crippen molar-refractivity contribution in [3.8, 4) is 0 Å². The number of carbonyl (C=O) groups excluding carboxylic acids is 1. The van der Waals surface area contributed by atoms with E-state index in [9.17, 15) is 9.59 Å². The number of carboxylic acids is 1. The Bertz CT molecular complexity index is 563. The van der Waals surface area contributed by atoms with Crippen LogP contribution in [0, 0.1) is 0 Å². The molecule has 0 saturated carbocycles. The minimum absolute atomic E-state index is 0.0208. The van der Waals surface area contributed by atoms with Gasteiger partial charge in [0.1, 0.15) is 5.69 Å². The zero-order chi connectivity index (χ0) is 13.7. The minimum Gasteiger partial charge on any atom is -0.477 e. The lowest BCUT2D eigenvalue weighted by atomic mass is 10.2. The summed E-state index contributed by atoms with van der Waals surface area (Å²) in [5.41, 5.74) is 1.45. The minimum atomic E-state index is -1.07. The molecule has 2 aromatic rings. The predicted molar refractivity (Wildman–Crippen MR) is 65.3 cm³/mol. The van der Waals surface area contributed by atoms with Gasteiger partial charge in [0.2, 0.25) is 5.91 Å². The molecule has 0 spiro atoms. The molecule has 1 amide bonds. The molecule has 98 valence electrons. The molecule has 2 rings (SSSR count). The Balaban J connectivity index is 1.84. The zero-order valence-electron chi connectivity index (χ0n) is 9.96. The number of hydrogen-bond donors (Lipinski definition) is 3. The van der Waals surface area contributed by atoms with Crippen LogP contribution in [0.5, 0.6) is 0 Å². The van der Waals surface area contributed by atoms with Gasteiger partial charge in [-0.25, -0.2) is 9.78 Å². The normalized spacial score (nSPS) is 10.1. The quantitative estimate of drug-likeness (QED) is 0.719. The monoisotopic (exact) mass is 260 g/mol. The number of amides is 1. The predicted octanol–water partition coefficient (Wildman–Crippen LogP) is 0.362. The summed E-state index contributed by atoms with van der Waals surface area (Å²) in [6, 6.07) is 4.74. The third-order valence-electron chi connectivity index (χ3n) is 2.44. The van der Waals surface area contributed by atoms with Gasteiger partial charge in [0, 0.05) is 24.6 Å². The Hall–Kier alpha value is -2.70. The van der Waals surface area contributed by atoms with Gasteiger partial charge in [0.15, 0.2) is 0 Å². The molecule has 19 heavy (non-hydrogen) atoms. The molecule has 0 saturated heterocycles. The maximum Gasteiger partial charge on any atom is 0.354 e. The summed E-state index contributed by atoms with van der Waals surface area (Å²) >= 11 is 0. The van der Waals surface area contributed by atoms with Gasteiger partial charge >= 0.3 is 5.97 Å². The molecule has 2 aromatic heterocycles. The van der Waals surface area contributed by atoms with E-state index in [1.165, 1.54) is 12.3 Å². The van der Waals surface area contributed by atoms with Gasteiger partial charge in [-0.1, -0.05) is 6.07 Å². The highest BCUT2D eigenvalue weighted by Gasteiger charge is 2.06. The van der Waals surface area contributed by atoms with Crippen LogP contribution in [0.2, 0.25) is 0 Å². The molecule has 0 radical (unpaired) electrons. The molecule has 3 N–H and O–H groups in total. The van der Waals surface area contributed by atoms with E-state index in [1.807, 2.05) is 0 Å². The van der Waals surface area contributed by atoms with Gasteiger partial charge in [-0.15, -0.1) is 0 Å². The summed E-state index contributed by atoms with van der Waals surface area (Å²) < 4.78 is 0. The highest BCUT2D eigenvalue weighted by atomic mass is 16.4. The lowest BCUT2D eigenvalue weighted by Crippen LogP contribution is -2.24. The zero-order valence-corrected chi connectivity index (χ0v) is 9.96. The molecule has 0 unspecified atom stereocenters. The number of carboxylic acid groups (broad SMARTS) is 1. The number of carbonyl (C=O) groups is 2. The lowest BCUT2D eigenvalue weighted by Gasteiger charge is -2.04. The maximum absolute atomic E-state index is 11.6. The SMILES string of the molecule is O=C(Cc1ccn[nH]1)NCc1ccc(C(=O)O)nc1. The standard InChI is InChI=1S/C12H12N4O3/c17-11(5-9-3-4-15-16-9)14-7-8-1-2-10(12(18)19)13-6-8/h1-4,6H,5,7H2,(H,14,17)(H,15,16)(H,18,19). The van der Waals surface area contributed by atoms with E-state index >= 15 is 0 Å². The summed E-state index contributed by atoms with van der Waals surface area (Å²) in [4.78, 5) is 26.0. The van der Waals surface area contributed by atoms with Gasteiger partial charge in [-0.2, -0.15) is 5.10 Å². The second-order valence-electron chi connectivity index (χ2n) is 3.89. The Morgan fingerprint density at radius 2 is 2.16 bits per heavy atom. The number of hydrogen-bond acceptors (Lipinski definition) is 4. The van der Waals surface area contributed by atoms with E-state index in [0.717, 1.165) is 11.3 Å². The first kappa shape index (κ1) is 12.7. The van der Waals surface area contributed by atoms with Crippen molar-refractivity contribution in [1.82, 2.24) is 20.5 Å². The molecule has 0 aliphatic rings. The third-order valence-corrected chi connectivity index (χ3v) is 2.44. The molecule has 7 nitrogen and oxygen atoms in total. The van der Waals surface area contributed by atoms with Crippen LogP contribution in [0.1, 0.15) is 21.7 Å². The smallest absolute Gasteiger partial charge is 0.354 e. The fraction of sp³-hybridized carbons (Fsp3) is 0.167. The highest BCUT2D eigenvalue weighted by Crippen LogP contribution is 2.00. The number of nitrogens with zero attached hydrogens (tertiary/aromatic N) is 2. The summed E-state index contributed by atoms with van der Waals surface area (Å²) in [5, 5.41) is 17.9. The highest BCUT2D eigenvalue weighted by molar-refractivity contribution is 5.85. The molecule has 0 aromatic carbocycles. The fourth-order valence-corrected chi connectivity index (χ4v) is 1.47. The second-order valence-corrected chi connectivity index (χ2v) is 3.89. The van der Waals surface area contributed by atoms with Gasteiger partial charge in [0.05, 0.1) is 6.42 Å². The van der Waals surface area contributed by atoms with Crippen molar-refractivity contribution in [1.29, 1.82) is 0 Å². The first-order chi connectivity index (χ1) is 9.15. The van der Waals surface area contributed by atoms with Crippen LogP contribution in [0.3, 0.4) is 0 Å². The van der Waals surface area contributed by atoms with Gasteiger partial charge in [0.25, 0.3) is 0 Å². The van der Waals surface area contributed by atoms with Crippen LogP contribution >= 0.6 is 0 Å². The summed E-state index contributed by atoms with van der Waals surface area (Å²) in [6.07, 6.45) is 3.23. The molecule has 0 fully saturated rings. The number of nitrogens with one attached hydrogen (secondary N) is 2. The average Bonchev–Trinajstić information content (AvgIpc) is 2.89. The Labute approximate surface area is 108 Å². The van der Waals surface area contributed by atoms with E-state index in [1.54, 1.807) is 18.3 Å². The molecule has 0 bridgehead atoms. The van der Waals surface area contributed by atoms with E-state index in [-0.39, 0.29) is 18.0 Å². The van der Waals surface area contributed by atoms with Crippen LogP contribution in [0.4, 0.5) is 0 Å². The van der Waals surface area contributed by atoms with Crippen molar-refractivity contribution >= 4 is 11.9 Å². The van der Waals surface area contributed by atoms with E-state index in [4.69, 9.17) is 5.11 Å². The third kappa shape index (κ3) is 3.63. The van der Waals surface area contributed by atoms with E-state index < -0.39 is 5.97 Å². The van der Waals surface area contributed by atoms with E-state index in [2.05, 4.69) is 20.5 Å². The number of aromatic carboxylic acids is 1.